The molecule has 1 N–H and O–H groups in total. The number of imidazole rings is 1. The number of hydrogen-bond acceptors (Lipinski definition) is 6. The quantitative estimate of drug-likeness (QED) is 0.285. The van der Waals surface area contributed by atoms with E-state index in [0.717, 1.165) is 24.2 Å². The molecule has 1 unspecified atom stereocenters. The van der Waals surface area contributed by atoms with Gasteiger partial charge in [-0.25, -0.2) is 23.5 Å². The molecular formula is C29H25F2N5O4. The summed E-state index contributed by atoms with van der Waals surface area (Å²) in [4.78, 5) is 20.5. The summed E-state index contributed by atoms with van der Waals surface area (Å²) in [5.74, 6) is -1.53. The smallest absolute Gasteiger partial charge is 0.335 e. The zero-order chi connectivity index (χ0) is 27.8. The molecule has 0 radical (unpaired) electrons. The van der Waals surface area contributed by atoms with Crippen LogP contribution in [0.25, 0.3) is 22.3 Å². The highest BCUT2D eigenvalue weighted by Gasteiger charge is 2.23. The van der Waals surface area contributed by atoms with Crippen LogP contribution in [0, 0.1) is 11.6 Å². The zero-order valence-corrected chi connectivity index (χ0v) is 21.6. The third-order valence-corrected chi connectivity index (χ3v) is 7.03. The number of carboxylic acid groups (broad SMARTS) is 1. The lowest BCUT2D eigenvalue weighted by Crippen LogP contribution is -2.31. The number of carbonyl (C=O) groups is 1. The first-order chi connectivity index (χ1) is 19.4. The van der Waals surface area contributed by atoms with E-state index < -0.39 is 17.6 Å². The van der Waals surface area contributed by atoms with Crippen LogP contribution in [0.3, 0.4) is 0 Å². The molecule has 1 saturated heterocycles. The molecule has 4 heterocycles. The normalized spacial score (nSPS) is 14.8. The van der Waals surface area contributed by atoms with Crippen molar-refractivity contribution in [1.82, 2.24) is 24.3 Å². The summed E-state index contributed by atoms with van der Waals surface area (Å²) in [6.07, 6.45) is 2.47. The highest BCUT2D eigenvalue weighted by molar-refractivity contribution is 5.92. The van der Waals surface area contributed by atoms with E-state index in [2.05, 4.69) is 15.1 Å². The molecule has 0 amide bonds. The van der Waals surface area contributed by atoms with Gasteiger partial charge in [0.1, 0.15) is 24.1 Å². The molecular weight excluding hydrogens is 520 g/mol. The van der Waals surface area contributed by atoms with Crippen molar-refractivity contribution in [3.05, 3.63) is 95.1 Å². The van der Waals surface area contributed by atoms with Gasteiger partial charge in [-0.3, -0.25) is 4.68 Å². The zero-order valence-electron chi connectivity index (χ0n) is 21.6. The second-order valence-electron chi connectivity index (χ2n) is 9.62. The summed E-state index contributed by atoms with van der Waals surface area (Å²) in [5, 5.41) is 13.5. The number of ether oxygens (including phenoxy) is 2. The number of fused-ring (bicyclic) bond motifs is 1. The molecule has 204 valence electrons. The molecule has 0 aliphatic carbocycles. The molecule has 6 rings (SSSR count). The molecule has 0 saturated carbocycles. The Bertz CT molecular complexity index is 1730. The number of aromatic carboxylic acids is 1. The van der Waals surface area contributed by atoms with E-state index in [1.54, 1.807) is 48.3 Å². The highest BCUT2D eigenvalue weighted by atomic mass is 19.1. The number of aryl methyl sites for hydroxylation is 1. The molecule has 0 spiro atoms. The largest absolute Gasteiger partial charge is 0.478 e. The Labute approximate surface area is 227 Å². The van der Waals surface area contributed by atoms with Crippen LogP contribution in [0.1, 0.15) is 33.9 Å². The van der Waals surface area contributed by atoms with E-state index in [0.29, 0.717) is 30.0 Å². The molecule has 1 atom stereocenters. The van der Waals surface area contributed by atoms with E-state index in [1.165, 1.54) is 6.07 Å². The topological polar surface area (TPSA) is 104 Å². The number of carboxylic acids is 1. The summed E-state index contributed by atoms with van der Waals surface area (Å²) in [7, 11) is 1.80. The first-order valence-corrected chi connectivity index (χ1v) is 12.7. The van der Waals surface area contributed by atoms with E-state index >= 15 is 8.78 Å². The van der Waals surface area contributed by atoms with Crippen molar-refractivity contribution in [2.24, 2.45) is 7.05 Å². The Morgan fingerprint density at radius 1 is 1.12 bits per heavy atom. The number of pyridine rings is 1. The average molecular weight is 546 g/mol. The Hall–Kier alpha value is -4.64. The van der Waals surface area contributed by atoms with Gasteiger partial charge in [0.2, 0.25) is 5.88 Å². The van der Waals surface area contributed by atoms with Gasteiger partial charge in [-0.15, -0.1) is 0 Å². The second-order valence-corrected chi connectivity index (χ2v) is 9.62. The minimum absolute atomic E-state index is 0.00805. The summed E-state index contributed by atoms with van der Waals surface area (Å²) < 4.78 is 45.6. The Balaban J connectivity index is 1.29. The number of nitrogens with zero attached hydrogens (tertiary/aromatic N) is 5. The number of benzene rings is 2. The van der Waals surface area contributed by atoms with Gasteiger partial charge >= 0.3 is 5.97 Å². The van der Waals surface area contributed by atoms with Crippen molar-refractivity contribution < 1.29 is 28.2 Å². The summed E-state index contributed by atoms with van der Waals surface area (Å²) in [6.45, 7) is 1.31. The minimum Gasteiger partial charge on any atom is -0.478 e. The van der Waals surface area contributed by atoms with Crippen LogP contribution >= 0.6 is 0 Å². The third-order valence-electron chi connectivity index (χ3n) is 7.03. The average Bonchev–Trinajstić information content (AvgIpc) is 3.48. The van der Waals surface area contributed by atoms with Crippen LogP contribution in [-0.4, -0.2) is 48.1 Å². The van der Waals surface area contributed by atoms with Crippen molar-refractivity contribution in [2.75, 3.05) is 6.61 Å². The predicted octanol–water partition coefficient (Wildman–Crippen LogP) is 4.77. The van der Waals surface area contributed by atoms with Crippen molar-refractivity contribution in [2.45, 2.75) is 32.1 Å². The molecule has 1 fully saturated rings. The van der Waals surface area contributed by atoms with Crippen LogP contribution in [0.5, 0.6) is 5.88 Å². The number of rotatable bonds is 9. The van der Waals surface area contributed by atoms with Crippen molar-refractivity contribution in [3.63, 3.8) is 0 Å². The molecule has 1 aliphatic rings. The van der Waals surface area contributed by atoms with E-state index in [1.807, 2.05) is 10.6 Å². The lowest BCUT2D eigenvalue weighted by atomic mass is 10.0. The van der Waals surface area contributed by atoms with Crippen LogP contribution in [0.15, 0.2) is 60.8 Å². The first-order valence-electron chi connectivity index (χ1n) is 12.7. The fraction of sp³-hybridized carbons (Fsp3) is 0.241. The van der Waals surface area contributed by atoms with E-state index in [-0.39, 0.29) is 47.4 Å². The van der Waals surface area contributed by atoms with Crippen molar-refractivity contribution in [3.8, 4) is 17.1 Å². The van der Waals surface area contributed by atoms with Crippen LogP contribution in [-0.2, 0) is 31.4 Å². The summed E-state index contributed by atoms with van der Waals surface area (Å²) in [5.41, 5.74) is 2.50. The third kappa shape index (κ3) is 5.03. The van der Waals surface area contributed by atoms with Crippen molar-refractivity contribution in [1.29, 1.82) is 0 Å². The number of halogens is 2. The fourth-order valence-electron chi connectivity index (χ4n) is 4.70. The van der Waals surface area contributed by atoms with Gasteiger partial charge in [-0.2, -0.15) is 5.10 Å². The molecule has 11 heteroatoms. The van der Waals surface area contributed by atoms with Gasteiger partial charge in [0.25, 0.3) is 0 Å². The summed E-state index contributed by atoms with van der Waals surface area (Å²) in [6, 6.07) is 13.6. The Morgan fingerprint density at radius 2 is 1.98 bits per heavy atom. The van der Waals surface area contributed by atoms with Gasteiger partial charge in [-0.1, -0.05) is 6.07 Å². The fourth-order valence-corrected chi connectivity index (χ4v) is 4.70. The lowest BCUT2D eigenvalue weighted by molar-refractivity contribution is -0.0589. The van der Waals surface area contributed by atoms with Gasteiger partial charge in [0.05, 0.1) is 40.6 Å². The highest BCUT2D eigenvalue weighted by Crippen LogP contribution is 2.29. The molecule has 5 aromatic rings. The molecule has 3 aromatic heterocycles. The summed E-state index contributed by atoms with van der Waals surface area (Å²) >= 11 is 0. The van der Waals surface area contributed by atoms with E-state index in [9.17, 15) is 9.90 Å². The first kappa shape index (κ1) is 25.6. The lowest BCUT2D eigenvalue weighted by Gasteiger charge is -2.27. The molecule has 0 bridgehead atoms. The predicted molar refractivity (Wildman–Crippen MR) is 141 cm³/mol. The van der Waals surface area contributed by atoms with Gasteiger partial charge in [0.15, 0.2) is 0 Å². The molecule has 9 nitrogen and oxygen atoms in total. The minimum atomic E-state index is -1.06. The molecule has 40 heavy (non-hydrogen) atoms. The van der Waals surface area contributed by atoms with Gasteiger partial charge in [-0.05, 0) is 54.4 Å². The van der Waals surface area contributed by atoms with Gasteiger partial charge in [0, 0.05) is 37.9 Å². The van der Waals surface area contributed by atoms with Crippen molar-refractivity contribution >= 4 is 17.0 Å². The molecule has 2 aromatic carbocycles. The number of hydrogen-bond donors (Lipinski definition) is 1. The van der Waals surface area contributed by atoms with Crippen LogP contribution in [0.4, 0.5) is 8.78 Å². The molecule has 1 aliphatic heterocycles. The van der Waals surface area contributed by atoms with E-state index in [4.69, 9.17) is 9.47 Å². The Kier molecular flexibility index (Phi) is 6.72. The monoisotopic (exact) mass is 545 g/mol. The Morgan fingerprint density at radius 3 is 2.70 bits per heavy atom. The SMILES string of the molecule is Cn1nccc1COc1cccc(-c2cc(F)c(Cc3nc4ccc(C(=O)O)cc4n3CC3CCO3)cc2F)n1. The maximum Gasteiger partial charge on any atom is 0.335 e. The maximum atomic E-state index is 15.4. The second kappa shape index (κ2) is 10.5. The van der Waals surface area contributed by atoms with Gasteiger partial charge < -0.3 is 19.1 Å². The number of aromatic nitrogens is 5. The van der Waals surface area contributed by atoms with Crippen LogP contribution < -0.4 is 4.74 Å². The standard InChI is InChI=1S/C29H25F2N5O4/c1-35-19(7-9-32-35)16-40-28-4-2-3-24(34-28)21-14-22(30)18(11-23(21)31)13-27-33-25-6-5-17(29(37)38)12-26(25)36(27)15-20-8-10-39-20/h2-7,9,11-12,14,20H,8,10,13,15-16H2,1H3,(H,37,38). The maximum absolute atomic E-state index is 15.4. The van der Waals surface area contributed by atoms with Crippen LogP contribution in [0.2, 0.25) is 0 Å².